The summed E-state index contributed by atoms with van der Waals surface area (Å²) in [6, 6.07) is 4.07. The van der Waals surface area contributed by atoms with Crippen molar-refractivity contribution < 1.29 is 9.15 Å². The van der Waals surface area contributed by atoms with E-state index in [1.54, 1.807) is 18.4 Å². The van der Waals surface area contributed by atoms with E-state index in [9.17, 15) is 0 Å². The van der Waals surface area contributed by atoms with Crippen LogP contribution in [-0.2, 0) is 11.2 Å². The van der Waals surface area contributed by atoms with Crippen LogP contribution < -0.4 is 0 Å². The molecule has 0 aliphatic carbocycles. The second-order valence-electron chi connectivity index (χ2n) is 4.94. The topological polar surface area (TPSA) is 35.3 Å². The fourth-order valence-electron chi connectivity index (χ4n) is 1.94. The molecule has 0 N–H and O–H groups in total. The van der Waals surface area contributed by atoms with Crippen LogP contribution in [0, 0.1) is 6.92 Å². The van der Waals surface area contributed by atoms with Crippen LogP contribution in [0.4, 0.5) is 0 Å². The highest BCUT2D eigenvalue weighted by Gasteiger charge is 2.14. The Kier molecular flexibility index (Phi) is 4.77. The minimum Gasteiger partial charge on any atom is -0.466 e. The van der Waals surface area contributed by atoms with Crippen molar-refractivity contribution in [2.75, 3.05) is 7.11 Å². The van der Waals surface area contributed by atoms with Crippen molar-refractivity contribution in [3.63, 3.8) is 0 Å². The molecule has 0 bridgehead atoms. The number of hydrogen-bond acceptors (Lipinski definition) is 4. The van der Waals surface area contributed by atoms with Crippen LogP contribution >= 0.6 is 11.3 Å². The summed E-state index contributed by atoms with van der Waals surface area (Å²) in [4.78, 5) is 4.66. The zero-order chi connectivity index (χ0) is 13.8. The summed E-state index contributed by atoms with van der Waals surface area (Å²) >= 11 is 1.68. The molecular weight excluding hydrogens is 258 g/mol. The van der Waals surface area contributed by atoms with Gasteiger partial charge in [-0.05, 0) is 38.3 Å². The standard InChI is InChI=1S/C15H21NO2S/c1-10(5-7-13-8-6-11(2)18-13)14-9-19-15(16-14)12(3)17-4/h6,8-10,12H,5,7H2,1-4H3. The van der Waals surface area contributed by atoms with Gasteiger partial charge < -0.3 is 9.15 Å². The Morgan fingerprint density at radius 3 is 2.79 bits per heavy atom. The summed E-state index contributed by atoms with van der Waals surface area (Å²) in [5, 5.41) is 3.20. The first-order valence-corrected chi connectivity index (χ1v) is 7.51. The molecule has 0 aliphatic heterocycles. The van der Waals surface area contributed by atoms with E-state index in [-0.39, 0.29) is 6.10 Å². The van der Waals surface area contributed by atoms with E-state index in [4.69, 9.17) is 9.15 Å². The molecule has 2 unspecified atom stereocenters. The van der Waals surface area contributed by atoms with Crippen LogP contribution in [0.3, 0.4) is 0 Å². The van der Waals surface area contributed by atoms with Crippen molar-refractivity contribution in [1.82, 2.24) is 4.98 Å². The van der Waals surface area contributed by atoms with E-state index in [0.717, 1.165) is 35.1 Å². The lowest BCUT2D eigenvalue weighted by molar-refractivity contribution is 0.119. The first-order valence-electron chi connectivity index (χ1n) is 6.63. The van der Waals surface area contributed by atoms with Crippen molar-refractivity contribution >= 4 is 11.3 Å². The predicted octanol–water partition coefficient (Wildman–Crippen LogP) is 4.49. The Morgan fingerprint density at radius 1 is 1.37 bits per heavy atom. The number of rotatable bonds is 6. The predicted molar refractivity (Wildman–Crippen MR) is 77.7 cm³/mol. The van der Waals surface area contributed by atoms with Crippen molar-refractivity contribution in [3.8, 4) is 0 Å². The Labute approximate surface area is 118 Å². The lowest BCUT2D eigenvalue weighted by atomic mass is 10.0. The fraction of sp³-hybridized carbons (Fsp3) is 0.533. The van der Waals surface area contributed by atoms with Gasteiger partial charge in [-0.2, -0.15) is 0 Å². The molecule has 0 radical (unpaired) electrons. The zero-order valence-electron chi connectivity index (χ0n) is 12.0. The van der Waals surface area contributed by atoms with Crippen LogP contribution in [0.5, 0.6) is 0 Å². The van der Waals surface area contributed by atoms with E-state index >= 15 is 0 Å². The van der Waals surface area contributed by atoms with E-state index < -0.39 is 0 Å². The van der Waals surface area contributed by atoms with Crippen molar-refractivity contribution in [3.05, 3.63) is 39.7 Å². The highest BCUT2D eigenvalue weighted by atomic mass is 32.1. The number of aryl methyl sites for hydroxylation is 2. The van der Waals surface area contributed by atoms with Crippen molar-refractivity contribution in [2.45, 2.75) is 45.6 Å². The van der Waals surface area contributed by atoms with Crippen LogP contribution in [0.25, 0.3) is 0 Å². The third kappa shape index (κ3) is 3.67. The van der Waals surface area contributed by atoms with Gasteiger partial charge in [-0.1, -0.05) is 6.92 Å². The lowest BCUT2D eigenvalue weighted by Crippen LogP contribution is -1.99. The third-order valence-corrected chi connectivity index (χ3v) is 4.39. The van der Waals surface area contributed by atoms with Gasteiger partial charge >= 0.3 is 0 Å². The first kappa shape index (κ1) is 14.3. The maximum absolute atomic E-state index is 5.59. The van der Waals surface area contributed by atoms with Gasteiger partial charge in [-0.3, -0.25) is 0 Å². The molecule has 2 heterocycles. The molecule has 2 aromatic rings. The summed E-state index contributed by atoms with van der Waals surface area (Å²) in [7, 11) is 1.72. The number of hydrogen-bond donors (Lipinski definition) is 0. The van der Waals surface area contributed by atoms with Gasteiger partial charge in [0.2, 0.25) is 0 Å². The maximum Gasteiger partial charge on any atom is 0.121 e. The SMILES string of the molecule is COC(C)c1nc(C(C)CCc2ccc(C)o2)cs1. The van der Waals surface area contributed by atoms with E-state index in [1.807, 2.05) is 19.9 Å². The van der Waals surface area contributed by atoms with Gasteiger partial charge in [-0.15, -0.1) is 11.3 Å². The van der Waals surface area contributed by atoms with Crippen molar-refractivity contribution in [2.24, 2.45) is 0 Å². The number of ether oxygens (including phenoxy) is 1. The Bertz CT molecular complexity index is 518. The monoisotopic (exact) mass is 279 g/mol. The van der Waals surface area contributed by atoms with Crippen LogP contribution in [0.15, 0.2) is 21.9 Å². The molecule has 2 atom stereocenters. The molecule has 2 aromatic heterocycles. The normalized spacial score (nSPS) is 14.5. The van der Waals surface area contributed by atoms with Crippen LogP contribution in [-0.4, -0.2) is 12.1 Å². The van der Waals surface area contributed by atoms with E-state index in [0.29, 0.717) is 5.92 Å². The molecule has 19 heavy (non-hydrogen) atoms. The minimum atomic E-state index is 0.0821. The Balaban J connectivity index is 1.92. The molecule has 0 aliphatic rings. The van der Waals surface area contributed by atoms with Crippen molar-refractivity contribution in [1.29, 1.82) is 0 Å². The van der Waals surface area contributed by atoms with Gasteiger partial charge in [0.1, 0.15) is 22.6 Å². The Hall–Kier alpha value is -1.13. The molecule has 0 saturated carbocycles. The molecular formula is C15H21NO2S. The van der Waals surface area contributed by atoms with Gasteiger partial charge in [0.25, 0.3) is 0 Å². The average molecular weight is 279 g/mol. The first-order chi connectivity index (χ1) is 9.10. The van der Waals surface area contributed by atoms with Gasteiger partial charge in [0.05, 0.1) is 5.69 Å². The molecule has 0 amide bonds. The van der Waals surface area contributed by atoms with Gasteiger partial charge in [0, 0.05) is 18.9 Å². The molecule has 0 saturated heterocycles. The Morgan fingerprint density at radius 2 is 2.16 bits per heavy atom. The van der Waals surface area contributed by atoms with Crippen LogP contribution in [0.2, 0.25) is 0 Å². The fourth-order valence-corrected chi connectivity index (χ4v) is 2.91. The summed E-state index contributed by atoms with van der Waals surface area (Å²) < 4.78 is 10.9. The summed E-state index contributed by atoms with van der Waals surface area (Å²) in [5.74, 6) is 2.48. The second kappa shape index (κ2) is 6.35. The third-order valence-electron chi connectivity index (χ3n) is 3.37. The number of aromatic nitrogens is 1. The molecule has 104 valence electrons. The van der Waals surface area contributed by atoms with E-state index in [2.05, 4.69) is 23.4 Å². The molecule has 0 aromatic carbocycles. The molecule has 3 nitrogen and oxygen atoms in total. The molecule has 0 spiro atoms. The molecule has 4 heteroatoms. The summed E-state index contributed by atoms with van der Waals surface area (Å²) in [5.41, 5.74) is 1.16. The summed E-state index contributed by atoms with van der Waals surface area (Å²) in [6.45, 7) is 6.22. The largest absolute Gasteiger partial charge is 0.466 e. The second-order valence-corrected chi connectivity index (χ2v) is 5.83. The van der Waals surface area contributed by atoms with Crippen LogP contribution in [0.1, 0.15) is 54.5 Å². The number of thiazole rings is 1. The highest BCUT2D eigenvalue weighted by molar-refractivity contribution is 7.09. The maximum atomic E-state index is 5.59. The average Bonchev–Trinajstić information content (AvgIpc) is 3.04. The molecule has 0 fully saturated rings. The highest BCUT2D eigenvalue weighted by Crippen LogP contribution is 2.27. The number of methoxy groups -OCH3 is 1. The van der Waals surface area contributed by atoms with Gasteiger partial charge in [-0.25, -0.2) is 4.98 Å². The number of nitrogens with zero attached hydrogens (tertiary/aromatic N) is 1. The number of furan rings is 1. The van der Waals surface area contributed by atoms with Gasteiger partial charge in [0.15, 0.2) is 0 Å². The summed E-state index contributed by atoms with van der Waals surface area (Å²) in [6.07, 6.45) is 2.10. The minimum absolute atomic E-state index is 0.0821. The molecule has 2 rings (SSSR count). The quantitative estimate of drug-likeness (QED) is 0.781. The van der Waals surface area contributed by atoms with E-state index in [1.165, 1.54) is 0 Å². The zero-order valence-corrected chi connectivity index (χ0v) is 12.8. The smallest absolute Gasteiger partial charge is 0.121 e. The lowest BCUT2D eigenvalue weighted by Gasteiger charge is -2.08.